The molecule has 0 N–H and O–H groups in total. The number of hydrogen-bond acceptors (Lipinski definition) is 4. The van der Waals surface area contributed by atoms with Gasteiger partial charge in [-0.2, -0.15) is 0 Å². The molecule has 0 bridgehead atoms. The largest absolute Gasteiger partial charge is 0.493 e. The summed E-state index contributed by atoms with van der Waals surface area (Å²) in [6, 6.07) is 4.18. The average Bonchev–Trinajstić information content (AvgIpc) is 2.48. The van der Waals surface area contributed by atoms with Crippen LogP contribution in [-0.2, 0) is 11.2 Å². The Morgan fingerprint density at radius 3 is 2.55 bits per heavy atom. The zero-order valence-corrected chi connectivity index (χ0v) is 12.5. The van der Waals surface area contributed by atoms with Crippen LogP contribution in [-0.4, -0.2) is 46.4 Å². The van der Waals surface area contributed by atoms with E-state index in [9.17, 15) is 0 Å². The molecule has 1 aromatic carbocycles. The van der Waals surface area contributed by atoms with Crippen LogP contribution in [0.5, 0.6) is 11.5 Å². The third-order valence-corrected chi connectivity index (χ3v) is 3.57. The maximum atomic E-state index is 5.40. The third kappa shape index (κ3) is 2.90. The summed E-state index contributed by atoms with van der Waals surface area (Å²) in [6.07, 6.45) is 0.995. The minimum absolute atomic E-state index is 0.0775. The van der Waals surface area contributed by atoms with E-state index < -0.39 is 0 Å². The quantitative estimate of drug-likeness (QED) is 0.788. The van der Waals surface area contributed by atoms with Gasteiger partial charge in [-0.05, 0) is 36.7 Å². The first-order chi connectivity index (χ1) is 9.71. The fraction of sp³-hybridized carbons (Fsp3) is 0.500. The molecule has 0 radical (unpaired) electrons. The highest BCUT2D eigenvalue weighted by molar-refractivity contribution is 5.51. The van der Waals surface area contributed by atoms with Crippen molar-refractivity contribution in [2.75, 3.05) is 41.5 Å². The van der Waals surface area contributed by atoms with Crippen LogP contribution >= 0.6 is 0 Å². The van der Waals surface area contributed by atoms with Crippen LogP contribution in [0.15, 0.2) is 12.1 Å². The summed E-state index contributed by atoms with van der Waals surface area (Å²) >= 11 is 0. The van der Waals surface area contributed by atoms with Crippen molar-refractivity contribution in [1.82, 2.24) is 4.90 Å². The van der Waals surface area contributed by atoms with Crippen molar-refractivity contribution in [1.29, 1.82) is 0 Å². The van der Waals surface area contributed by atoms with Crippen LogP contribution in [0, 0.1) is 11.8 Å². The molecule has 1 aliphatic heterocycles. The SMILES string of the molecule is COCC#CC1c2cc(OC)c(OC)cc2CCN1C. The van der Waals surface area contributed by atoms with Crippen LogP contribution in [0.4, 0.5) is 0 Å². The molecule has 1 aliphatic rings. The fourth-order valence-corrected chi connectivity index (χ4v) is 2.47. The normalized spacial score (nSPS) is 17.9. The molecule has 1 unspecified atom stereocenters. The predicted molar refractivity (Wildman–Crippen MR) is 78.3 cm³/mol. The van der Waals surface area contributed by atoms with E-state index in [1.54, 1.807) is 21.3 Å². The van der Waals surface area contributed by atoms with Crippen LogP contribution < -0.4 is 9.47 Å². The first kappa shape index (κ1) is 14.7. The zero-order chi connectivity index (χ0) is 14.5. The number of hydrogen-bond donors (Lipinski definition) is 0. The summed E-state index contributed by atoms with van der Waals surface area (Å²) in [4.78, 5) is 2.25. The van der Waals surface area contributed by atoms with Crippen molar-refractivity contribution < 1.29 is 14.2 Å². The van der Waals surface area contributed by atoms with Gasteiger partial charge in [0.1, 0.15) is 6.61 Å². The third-order valence-electron chi connectivity index (χ3n) is 3.57. The summed E-state index contributed by atoms with van der Waals surface area (Å²) in [7, 11) is 7.06. The monoisotopic (exact) mass is 275 g/mol. The van der Waals surface area contributed by atoms with Crippen molar-refractivity contribution >= 4 is 0 Å². The van der Waals surface area contributed by atoms with Gasteiger partial charge in [-0.25, -0.2) is 0 Å². The molecular weight excluding hydrogens is 254 g/mol. The molecule has 0 saturated heterocycles. The van der Waals surface area contributed by atoms with Gasteiger partial charge in [0.2, 0.25) is 0 Å². The Kier molecular flexibility index (Phi) is 4.89. The molecule has 2 rings (SSSR count). The molecular formula is C16H21NO3. The second kappa shape index (κ2) is 6.65. The average molecular weight is 275 g/mol. The number of benzene rings is 1. The lowest BCUT2D eigenvalue weighted by Gasteiger charge is -2.32. The number of ether oxygens (including phenoxy) is 3. The van der Waals surface area contributed by atoms with Gasteiger partial charge in [0.25, 0.3) is 0 Å². The first-order valence-corrected chi connectivity index (χ1v) is 6.63. The molecule has 0 spiro atoms. The summed E-state index contributed by atoms with van der Waals surface area (Å²) in [5.74, 6) is 7.86. The molecule has 1 aromatic rings. The van der Waals surface area contributed by atoms with Crippen molar-refractivity contribution in [3.05, 3.63) is 23.3 Å². The molecule has 4 nitrogen and oxygen atoms in total. The highest BCUT2D eigenvalue weighted by Crippen LogP contribution is 2.37. The number of likely N-dealkylation sites (N-methyl/N-ethyl adjacent to an activating group) is 1. The smallest absolute Gasteiger partial charge is 0.161 e. The highest BCUT2D eigenvalue weighted by Gasteiger charge is 2.25. The van der Waals surface area contributed by atoms with Gasteiger partial charge < -0.3 is 14.2 Å². The maximum absolute atomic E-state index is 5.40. The topological polar surface area (TPSA) is 30.9 Å². The summed E-state index contributed by atoms with van der Waals surface area (Å²) in [5, 5.41) is 0. The Balaban J connectivity index is 2.42. The second-order valence-electron chi connectivity index (χ2n) is 4.79. The van der Waals surface area contributed by atoms with Crippen molar-refractivity contribution in [3.63, 3.8) is 0 Å². The van der Waals surface area contributed by atoms with Crippen LogP contribution in [0.2, 0.25) is 0 Å². The van der Waals surface area contributed by atoms with E-state index in [4.69, 9.17) is 14.2 Å². The molecule has 1 heterocycles. The molecule has 0 aliphatic carbocycles. The van der Waals surface area contributed by atoms with E-state index in [1.807, 2.05) is 6.07 Å². The van der Waals surface area contributed by atoms with Gasteiger partial charge >= 0.3 is 0 Å². The lowest BCUT2D eigenvalue weighted by molar-refractivity contribution is 0.238. The number of methoxy groups -OCH3 is 3. The molecule has 20 heavy (non-hydrogen) atoms. The fourth-order valence-electron chi connectivity index (χ4n) is 2.47. The Bertz CT molecular complexity index is 531. The Hall–Kier alpha value is -1.70. The lowest BCUT2D eigenvalue weighted by Crippen LogP contribution is -2.31. The van der Waals surface area contributed by atoms with E-state index in [0.29, 0.717) is 6.61 Å². The van der Waals surface area contributed by atoms with Crippen molar-refractivity contribution in [3.8, 4) is 23.3 Å². The van der Waals surface area contributed by atoms with Crippen LogP contribution in [0.3, 0.4) is 0 Å². The Morgan fingerprint density at radius 2 is 1.90 bits per heavy atom. The molecule has 4 heteroatoms. The molecule has 0 amide bonds. The number of nitrogens with zero attached hydrogens (tertiary/aromatic N) is 1. The van der Waals surface area contributed by atoms with E-state index in [2.05, 4.69) is 29.9 Å². The maximum Gasteiger partial charge on any atom is 0.161 e. The molecule has 108 valence electrons. The molecule has 0 fully saturated rings. The van der Waals surface area contributed by atoms with E-state index in [-0.39, 0.29) is 6.04 Å². The van der Waals surface area contributed by atoms with E-state index >= 15 is 0 Å². The van der Waals surface area contributed by atoms with E-state index in [0.717, 1.165) is 24.5 Å². The number of rotatable bonds is 3. The van der Waals surface area contributed by atoms with Gasteiger partial charge in [-0.3, -0.25) is 4.90 Å². The van der Waals surface area contributed by atoms with Gasteiger partial charge in [0.05, 0.1) is 20.3 Å². The highest BCUT2D eigenvalue weighted by atomic mass is 16.5. The number of fused-ring (bicyclic) bond motifs is 1. The van der Waals surface area contributed by atoms with E-state index in [1.165, 1.54) is 11.1 Å². The summed E-state index contributed by atoms with van der Waals surface area (Å²) in [5.41, 5.74) is 2.47. The first-order valence-electron chi connectivity index (χ1n) is 6.63. The van der Waals surface area contributed by atoms with Crippen molar-refractivity contribution in [2.24, 2.45) is 0 Å². The van der Waals surface area contributed by atoms with Gasteiger partial charge in [-0.15, -0.1) is 0 Å². The van der Waals surface area contributed by atoms with Gasteiger partial charge in [0, 0.05) is 13.7 Å². The van der Waals surface area contributed by atoms with Gasteiger partial charge in [0.15, 0.2) is 11.5 Å². The van der Waals surface area contributed by atoms with Crippen molar-refractivity contribution in [2.45, 2.75) is 12.5 Å². The van der Waals surface area contributed by atoms with Crippen LogP contribution in [0.25, 0.3) is 0 Å². The minimum atomic E-state index is 0.0775. The lowest BCUT2D eigenvalue weighted by atomic mass is 9.92. The standard InChI is InChI=1S/C16H21NO3/c1-17-8-7-12-10-15(19-3)16(20-4)11-13(12)14(17)6-5-9-18-2/h10-11,14H,7-9H2,1-4H3. The second-order valence-corrected chi connectivity index (χ2v) is 4.79. The summed E-state index contributed by atoms with van der Waals surface area (Å²) < 4.78 is 15.8. The van der Waals surface area contributed by atoms with Gasteiger partial charge in [-0.1, -0.05) is 11.8 Å². The predicted octanol–water partition coefficient (Wildman–Crippen LogP) is 1.88. The summed E-state index contributed by atoms with van der Waals surface area (Å²) in [6.45, 7) is 1.43. The molecule has 1 atom stereocenters. The minimum Gasteiger partial charge on any atom is -0.493 e. The molecule has 0 saturated carbocycles. The Labute approximate surface area is 120 Å². The zero-order valence-electron chi connectivity index (χ0n) is 12.5. The molecule has 0 aromatic heterocycles. The van der Waals surface area contributed by atoms with Crippen LogP contribution in [0.1, 0.15) is 17.2 Å². The Morgan fingerprint density at radius 1 is 1.20 bits per heavy atom.